The molecule has 0 aromatic heterocycles. The van der Waals surface area contributed by atoms with Crippen molar-refractivity contribution >= 4 is 27.5 Å². The number of rotatable bonds is 8. The number of nitrogens with one attached hydrogen (secondary N) is 1. The first-order valence-electron chi connectivity index (χ1n) is 13.4. The monoisotopic (exact) mass is 623 g/mol. The van der Waals surface area contributed by atoms with Gasteiger partial charge in [-0.15, -0.1) is 0 Å². The number of carbonyl (C=O) groups excluding carboxylic acids is 2. The Morgan fingerprint density at radius 1 is 0.837 bits per heavy atom. The molecule has 0 unspecified atom stereocenters. The highest BCUT2D eigenvalue weighted by Crippen LogP contribution is 2.36. The largest absolute Gasteiger partial charge is 0.307 e. The van der Waals surface area contributed by atoms with E-state index in [1.807, 2.05) is 24.3 Å². The van der Waals surface area contributed by atoms with E-state index < -0.39 is 68.4 Å². The highest BCUT2D eigenvalue weighted by atomic mass is 32.2. The van der Waals surface area contributed by atoms with Crippen molar-refractivity contribution in [2.24, 2.45) is 0 Å². The minimum absolute atomic E-state index is 0.0544. The van der Waals surface area contributed by atoms with E-state index in [-0.39, 0.29) is 24.2 Å². The molecule has 43 heavy (non-hydrogen) atoms. The molecule has 0 bridgehead atoms. The van der Waals surface area contributed by atoms with E-state index in [1.165, 1.54) is 34.6 Å². The van der Waals surface area contributed by atoms with Crippen LogP contribution in [-0.4, -0.2) is 42.3 Å². The third kappa shape index (κ3) is 5.61. The van der Waals surface area contributed by atoms with E-state index >= 15 is 0 Å². The summed E-state index contributed by atoms with van der Waals surface area (Å²) >= 11 is 0. The van der Waals surface area contributed by atoms with Gasteiger partial charge in [0.2, 0.25) is 21.7 Å². The number of halogens is 5. The number of carbonyl (C=O) groups is 2. The van der Waals surface area contributed by atoms with Crippen LogP contribution in [0.5, 0.6) is 0 Å². The fourth-order valence-electron chi connectivity index (χ4n) is 5.50. The quantitative estimate of drug-likeness (QED) is 0.119. The molecule has 14 heteroatoms. The maximum absolute atomic E-state index is 14.5. The summed E-state index contributed by atoms with van der Waals surface area (Å²) in [6, 6.07) is 11.4. The van der Waals surface area contributed by atoms with Crippen LogP contribution in [-0.2, 0) is 21.4 Å². The fraction of sp³-hybridized carbons (Fsp3) is 0.310. The Hall–Kier alpha value is -3.88. The molecular weight excluding hydrogens is 597 g/mol. The average molecular weight is 624 g/mol. The number of amides is 2. The number of nitrogens with zero attached hydrogens (tertiary/aromatic N) is 2. The molecule has 2 amide bonds. The summed E-state index contributed by atoms with van der Waals surface area (Å²) in [4.78, 5) is 24.8. The highest BCUT2D eigenvalue weighted by Gasteiger charge is 2.48. The Balaban J connectivity index is 1.47. The van der Waals surface area contributed by atoms with Gasteiger partial charge in [-0.2, -0.15) is 4.31 Å². The highest BCUT2D eigenvalue weighted by molar-refractivity contribution is 7.89. The maximum atomic E-state index is 14.5. The number of hydroxylamine groups is 1. The normalized spacial score (nSPS) is 17.5. The third-order valence-corrected chi connectivity index (χ3v) is 9.88. The van der Waals surface area contributed by atoms with Gasteiger partial charge in [0, 0.05) is 17.8 Å². The summed E-state index contributed by atoms with van der Waals surface area (Å²) in [5.74, 6) is -13.6. The van der Waals surface area contributed by atoms with Gasteiger partial charge in [0.25, 0.3) is 5.91 Å². The SMILES string of the molecule is O=C(NO)c1ccc(N(Cc2ccc(C3CCCC3)cc2)C(=O)[C@H]2CCN2S(=O)(=O)c2c(F)c(F)c(F)c(F)c2F)cc1. The summed E-state index contributed by atoms with van der Waals surface area (Å²) < 4.78 is 96.9. The molecule has 5 rings (SSSR count). The molecule has 1 saturated heterocycles. The third-order valence-electron chi connectivity index (χ3n) is 7.95. The van der Waals surface area contributed by atoms with Crippen LogP contribution in [0.15, 0.2) is 53.4 Å². The Kier molecular flexibility index (Phi) is 8.54. The van der Waals surface area contributed by atoms with Gasteiger partial charge in [-0.05, 0) is 60.6 Å². The predicted octanol–water partition coefficient (Wildman–Crippen LogP) is 5.16. The molecule has 0 spiro atoms. The number of benzene rings is 3. The second-order valence-electron chi connectivity index (χ2n) is 10.5. The molecule has 1 atom stereocenters. The van der Waals surface area contributed by atoms with Crippen LogP contribution in [0.1, 0.15) is 59.5 Å². The van der Waals surface area contributed by atoms with Crippen LogP contribution in [0.2, 0.25) is 0 Å². The van der Waals surface area contributed by atoms with Crippen LogP contribution in [0.4, 0.5) is 27.6 Å². The Bertz CT molecular complexity index is 1630. The van der Waals surface area contributed by atoms with Crippen molar-refractivity contribution in [2.75, 3.05) is 11.4 Å². The molecule has 1 aliphatic heterocycles. The van der Waals surface area contributed by atoms with Crippen LogP contribution >= 0.6 is 0 Å². The van der Waals surface area contributed by atoms with Gasteiger partial charge in [-0.3, -0.25) is 14.8 Å². The summed E-state index contributed by atoms with van der Waals surface area (Å²) in [6.07, 6.45) is 4.35. The van der Waals surface area contributed by atoms with Gasteiger partial charge in [-0.1, -0.05) is 37.1 Å². The first-order chi connectivity index (χ1) is 20.4. The van der Waals surface area contributed by atoms with Gasteiger partial charge in [0.05, 0.1) is 6.54 Å². The van der Waals surface area contributed by atoms with Crippen molar-refractivity contribution in [1.82, 2.24) is 9.79 Å². The zero-order valence-electron chi connectivity index (χ0n) is 22.5. The molecule has 1 aliphatic carbocycles. The van der Waals surface area contributed by atoms with Crippen molar-refractivity contribution in [3.05, 3.63) is 94.3 Å². The molecular formula is C29H26F5N3O5S. The maximum Gasteiger partial charge on any atom is 0.274 e. The summed E-state index contributed by atoms with van der Waals surface area (Å²) in [5, 5.41) is 8.90. The van der Waals surface area contributed by atoms with Gasteiger partial charge in [0.15, 0.2) is 28.2 Å². The standard InChI is InChI=1S/C29H26F5N3O5S/c30-22-23(31)25(33)27(26(34)24(22)32)43(41,42)37-14-13-21(37)29(39)36(20-11-9-19(10-12-20)28(38)35-40)15-16-5-7-18(8-6-16)17-3-1-2-4-17/h5-12,17,21,40H,1-4,13-15H2,(H,35,38)/t21-/m1/s1. The lowest BCUT2D eigenvalue weighted by Crippen LogP contribution is -2.59. The second kappa shape index (κ2) is 12.0. The van der Waals surface area contributed by atoms with Crippen molar-refractivity contribution in [2.45, 2.75) is 55.5 Å². The Morgan fingerprint density at radius 2 is 1.40 bits per heavy atom. The molecule has 3 aromatic carbocycles. The Morgan fingerprint density at radius 3 is 1.91 bits per heavy atom. The fourth-order valence-corrected chi connectivity index (χ4v) is 7.24. The molecule has 228 valence electrons. The van der Waals surface area contributed by atoms with Crippen molar-refractivity contribution in [3.63, 3.8) is 0 Å². The van der Waals surface area contributed by atoms with E-state index in [1.54, 1.807) is 0 Å². The summed E-state index contributed by atoms with van der Waals surface area (Å²) in [7, 11) is -5.34. The van der Waals surface area contributed by atoms with E-state index in [0.717, 1.165) is 31.2 Å². The Labute approximate surface area is 243 Å². The molecule has 0 radical (unpaired) electrons. The average Bonchev–Trinajstić information content (AvgIpc) is 3.52. The van der Waals surface area contributed by atoms with E-state index in [9.17, 15) is 40.0 Å². The predicted molar refractivity (Wildman–Crippen MR) is 143 cm³/mol. The topological polar surface area (TPSA) is 107 Å². The number of sulfonamides is 1. The second-order valence-corrected chi connectivity index (χ2v) is 12.3. The molecule has 3 aromatic rings. The molecule has 8 nitrogen and oxygen atoms in total. The summed E-state index contributed by atoms with van der Waals surface area (Å²) in [5.41, 5.74) is 3.58. The number of anilines is 1. The lowest BCUT2D eigenvalue weighted by atomic mass is 9.96. The van der Waals surface area contributed by atoms with Crippen molar-refractivity contribution < 1.29 is 45.2 Å². The zero-order chi connectivity index (χ0) is 31.1. The summed E-state index contributed by atoms with van der Waals surface area (Å²) in [6.45, 7) is -0.472. The lowest BCUT2D eigenvalue weighted by molar-refractivity contribution is -0.125. The number of hydrogen-bond donors (Lipinski definition) is 2. The zero-order valence-corrected chi connectivity index (χ0v) is 23.3. The lowest BCUT2D eigenvalue weighted by Gasteiger charge is -2.41. The van der Waals surface area contributed by atoms with Gasteiger partial charge in [0.1, 0.15) is 6.04 Å². The number of hydrogen-bond acceptors (Lipinski definition) is 5. The van der Waals surface area contributed by atoms with E-state index in [2.05, 4.69) is 0 Å². The van der Waals surface area contributed by atoms with Gasteiger partial charge in [-0.25, -0.2) is 35.8 Å². The molecule has 1 heterocycles. The molecule has 2 N–H and O–H groups in total. The van der Waals surface area contributed by atoms with E-state index in [4.69, 9.17) is 5.21 Å². The van der Waals surface area contributed by atoms with E-state index in [0.29, 0.717) is 15.8 Å². The first-order valence-corrected chi connectivity index (χ1v) is 14.9. The molecule has 1 saturated carbocycles. The van der Waals surface area contributed by atoms with Crippen molar-refractivity contribution in [3.8, 4) is 0 Å². The van der Waals surface area contributed by atoms with Crippen molar-refractivity contribution in [1.29, 1.82) is 0 Å². The van der Waals surface area contributed by atoms with Gasteiger partial charge < -0.3 is 4.90 Å². The first kappa shape index (κ1) is 30.6. The van der Waals surface area contributed by atoms with Crippen LogP contribution in [0.25, 0.3) is 0 Å². The van der Waals surface area contributed by atoms with Crippen LogP contribution in [0.3, 0.4) is 0 Å². The minimum Gasteiger partial charge on any atom is -0.307 e. The van der Waals surface area contributed by atoms with Gasteiger partial charge >= 0.3 is 0 Å². The van der Waals surface area contributed by atoms with Crippen LogP contribution in [0, 0.1) is 29.1 Å². The smallest absolute Gasteiger partial charge is 0.274 e. The minimum atomic E-state index is -5.34. The van der Waals surface area contributed by atoms with Crippen LogP contribution < -0.4 is 10.4 Å². The molecule has 2 fully saturated rings. The molecule has 2 aliphatic rings.